The van der Waals surface area contributed by atoms with Gasteiger partial charge in [0.25, 0.3) is 0 Å². The lowest BCUT2D eigenvalue weighted by atomic mass is 10.1. The van der Waals surface area contributed by atoms with Crippen LogP contribution in [0.1, 0.15) is 43.4 Å². The van der Waals surface area contributed by atoms with Gasteiger partial charge in [-0.05, 0) is 61.7 Å². The Morgan fingerprint density at radius 3 is 2.27 bits per heavy atom. The van der Waals surface area contributed by atoms with Crippen molar-refractivity contribution in [2.45, 2.75) is 38.8 Å². The molecule has 2 N–H and O–H groups in total. The number of carbonyl (C=O) groups excluding carboxylic acids is 2. The largest absolute Gasteiger partial charge is 0.497 e. The number of ether oxygens (including phenoxy) is 2. The Morgan fingerprint density at radius 1 is 0.970 bits per heavy atom. The molecule has 0 aliphatic heterocycles. The van der Waals surface area contributed by atoms with Gasteiger partial charge < -0.3 is 20.1 Å². The second-order valence-corrected chi connectivity index (χ2v) is 8.19. The summed E-state index contributed by atoms with van der Waals surface area (Å²) in [4.78, 5) is 25.9. The summed E-state index contributed by atoms with van der Waals surface area (Å²) < 4.78 is 9.89. The van der Waals surface area contributed by atoms with Gasteiger partial charge in [-0.3, -0.25) is 9.69 Å². The quantitative estimate of drug-likeness (QED) is 0.328. The summed E-state index contributed by atoms with van der Waals surface area (Å²) in [6, 6.07) is 15.3. The first-order valence-corrected chi connectivity index (χ1v) is 11.5. The standard InChI is InChI=1S/C25H34ClN3O4/c1-19(21-9-11-22(26)12-10-21)29(16-4-6-24(30)33-3)17-5-15-27-25(31)28-18-20-7-13-23(32-2)14-8-20/h7-14,19H,4-6,15-18H2,1-3H3,(H2,27,28,31). The van der Waals surface area contributed by atoms with Gasteiger partial charge in [0, 0.05) is 37.1 Å². The van der Waals surface area contributed by atoms with Crippen LogP contribution >= 0.6 is 11.6 Å². The number of carbonyl (C=O) groups is 2. The summed E-state index contributed by atoms with van der Waals surface area (Å²) in [6.45, 7) is 4.67. The van der Waals surface area contributed by atoms with Gasteiger partial charge in [-0.1, -0.05) is 35.9 Å². The molecule has 0 heterocycles. The van der Waals surface area contributed by atoms with Crippen LogP contribution in [0.25, 0.3) is 0 Å². The van der Waals surface area contributed by atoms with Crippen LogP contribution in [-0.2, 0) is 16.1 Å². The van der Waals surface area contributed by atoms with Crippen molar-refractivity contribution in [3.8, 4) is 5.75 Å². The van der Waals surface area contributed by atoms with Gasteiger partial charge in [0.2, 0.25) is 0 Å². The van der Waals surface area contributed by atoms with E-state index in [1.54, 1.807) is 7.11 Å². The molecule has 1 atom stereocenters. The van der Waals surface area contributed by atoms with E-state index in [4.69, 9.17) is 21.1 Å². The molecule has 2 rings (SSSR count). The average Bonchev–Trinajstić information content (AvgIpc) is 2.84. The second kappa shape index (κ2) is 14.4. The summed E-state index contributed by atoms with van der Waals surface area (Å²) in [5.41, 5.74) is 2.15. The molecule has 2 aromatic carbocycles. The molecule has 0 saturated carbocycles. The lowest BCUT2D eigenvalue weighted by molar-refractivity contribution is -0.140. The first-order chi connectivity index (χ1) is 15.9. The third kappa shape index (κ3) is 9.72. The van der Waals surface area contributed by atoms with Crippen molar-refractivity contribution >= 4 is 23.6 Å². The van der Waals surface area contributed by atoms with E-state index in [1.165, 1.54) is 7.11 Å². The molecule has 0 aromatic heterocycles. The highest BCUT2D eigenvalue weighted by Crippen LogP contribution is 2.22. The van der Waals surface area contributed by atoms with Gasteiger partial charge >= 0.3 is 12.0 Å². The molecule has 1 unspecified atom stereocenters. The Bertz CT molecular complexity index is 859. The first kappa shape index (κ1) is 26.5. The molecule has 2 amide bonds. The Hall–Kier alpha value is -2.77. The summed E-state index contributed by atoms with van der Waals surface area (Å²) in [7, 11) is 3.03. The van der Waals surface area contributed by atoms with Gasteiger partial charge in [0.05, 0.1) is 14.2 Å². The number of nitrogens with one attached hydrogen (secondary N) is 2. The highest BCUT2D eigenvalue weighted by Gasteiger charge is 2.16. The van der Waals surface area contributed by atoms with E-state index in [-0.39, 0.29) is 18.0 Å². The second-order valence-electron chi connectivity index (χ2n) is 7.75. The number of benzene rings is 2. The lowest BCUT2D eigenvalue weighted by Gasteiger charge is -2.29. The van der Waals surface area contributed by atoms with Gasteiger partial charge in [0.1, 0.15) is 5.75 Å². The molecule has 0 radical (unpaired) electrons. The van der Waals surface area contributed by atoms with Crippen molar-refractivity contribution in [1.29, 1.82) is 0 Å². The number of hydrogen-bond donors (Lipinski definition) is 2. The number of esters is 1. The number of nitrogens with zero attached hydrogens (tertiary/aromatic N) is 1. The molecule has 180 valence electrons. The van der Waals surface area contributed by atoms with Gasteiger partial charge in [0.15, 0.2) is 0 Å². The maximum Gasteiger partial charge on any atom is 0.315 e. The summed E-state index contributed by atoms with van der Waals surface area (Å²) in [6.07, 6.45) is 1.87. The Balaban J connectivity index is 1.79. The van der Waals surface area contributed by atoms with Crippen molar-refractivity contribution in [3.63, 3.8) is 0 Å². The first-order valence-electron chi connectivity index (χ1n) is 11.1. The topological polar surface area (TPSA) is 79.9 Å². The van der Waals surface area contributed by atoms with Crippen LogP contribution in [0.2, 0.25) is 5.02 Å². The molecule has 8 heteroatoms. The SMILES string of the molecule is COC(=O)CCCN(CCCNC(=O)NCc1ccc(OC)cc1)C(C)c1ccc(Cl)cc1. The maximum atomic E-state index is 12.1. The number of methoxy groups -OCH3 is 2. The fourth-order valence-corrected chi connectivity index (χ4v) is 3.58. The van der Waals surface area contributed by atoms with E-state index in [0.717, 1.165) is 36.4 Å². The monoisotopic (exact) mass is 475 g/mol. The minimum Gasteiger partial charge on any atom is -0.497 e. The molecule has 0 fully saturated rings. The third-order valence-electron chi connectivity index (χ3n) is 5.47. The van der Waals surface area contributed by atoms with Crippen LogP contribution in [0.3, 0.4) is 0 Å². The van der Waals surface area contributed by atoms with Crippen LogP contribution in [0, 0.1) is 0 Å². The number of urea groups is 1. The minimum atomic E-state index is -0.204. The molecule has 33 heavy (non-hydrogen) atoms. The Labute approximate surface area is 201 Å². The lowest BCUT2D eigenvalue weighted by Crippen LogP contribution is -2.37. The molecule has 2 aromatic rings. The molecule has 0 bridgehead atoms. The van der Waals surface area contributed by atoms with Gasteiger partial charge in [-0.25, -0.2) is 4.79 Å². The van der Waals surface area contributed by atoms with Crippen molar-refractivity contribution in [3.05, 3.63) is 64.7 Å². The molecular formula is C25H34ClN3O4. The van der Waals surface area contributed by atoms with Crippen LogP contribution in [0.15, 0.2) is 48.5 Å². The zero-order valence-corrected chi connectivity index (χ0v) is 20.4. The molecular weight excluding hydrogens is 442 g/mol. The number of rotatable bonds is 13. The van der Waals surface area contributed by atoms with E-state index in [1.807, 2.05) is 48.5 Å². The average molecular weight is 476 g/mol. The fraction of sp³-hybridized carbons (Fsp3) is 0.440. The van der Waals surface area contributed by atoms with Gasteiger partial charge in [-0.2, -0.15) is 0 Å². The summed E-state index contributed by atoms with van der Waals surface area (Å²) in [5.74, 6) is 0.580. The van der Waals surface area contributed by atoms with Crippen molar-refractivity contribution in [1.82, 2.24) is 15.5 Å². The van der Waals surface area contributed by atoms with E-state index in [2.05, 4.69) is 22.5 Å². The van der Waals surface area contributed by atoms with E-state index in [9.17, 15) is 9.59 Å². The molecule has 0 spiro atoms. The maximum absolute atomic E-state index is 12.1. The van der Waals surface area contributed by atoms with Crippen LogP contribution in [0.5, 0.6) is 5.75 Å². The molecule has 0 saturated heterocycles. The van der Waals surface area contributed by atoms with E-state index in [0.29, 0.717) is 31.0 Å². The van der Waals surface area contributed by atoms with Crippen LogP contribution in [0.4, 0.5) is 4.79 Å². The van der Waals surface area contributed by atoms with Gasteiger partial charge in [-0.15, -0.1) is 0 Å². The van der Waals surface area contributed by atoms with Crippen LogP contribution in [-0.4, -0.2) is 50.8 Å². The highest BCUT2D eigenvalue weighted by molar-refractivity contribution is 6.30. The van der Waals surface area contributed by atoms with E-state index < -0.39 is 0 Å². The van der Waals surface area contributed by atoms with Crippen molar-refractivity contribution in [2.24, 2.45) is 0 Å². The fourth-order valence-electron chi connectivity index (χ4n) is 3.45. The van der Waals surface area contributed by atoms with Crippen molar-refractivity contribution in [2.75, 3.05) is 33.9 Å². The normalized spacial score (nSPS) is 11.7. The molecule has 0 aliphatic rings. The van der Waals surface area contributed by atoms with Crippen LogP contribution < -0.4 is 15.4 Å². The van der Waals surface area contributed by atoms with E-state index >= 15 is 0 Å². The molecule has 7 nitrogen and oxygen atoms in total. The zero-order valence-electron chi connectivity index (χ0n) is 19.6. The smallest absolute Gasteiger partial charge is 0.315 e. The zero-order chi connectivity index (χ0) is 24.1. The number of amides is 2. The Kier molecular flexibility index (Phi) is 11.6. The predicted octanol–water partition coefficient (Wildman–Crippen LogP) is 4.55. The highest BCUT2D eigenvalue weighted by atomic mass is 35.5. The number of hydrogen-bond acceptors (Lipinski definition) is 5. The molecule has 0 aliphatic carbocycles. The number of halogens is 1. The third-order valence-corrected chi connectivity index (χ3v) is 5.73. The minimum absolute atomic E-state index is 0.156. The predicted molar refractivity (Wildman–Crippen MR) is 131 cm³/mol. The summed E-state index contributed by atoms with van der Waals surface area (Å²) >= 11 is 6.02. The Morgan fingerprint density at radius 2 is 1.64 bits per heavy atom. The van der Waals surface area contributed by atoms with Crippen molar-refractivity contribution < 1.29 is 19.1 Å². The summed E-state index contributed by atoms with van der Waals surface area (Å²) in [5, 5.41) is 6.47.